The summed E-state index contributed by atoms with van der Waals surface area (Å²) in [5, 5.41) is 19.2. The molecule has 1 fully saturated rings. The van der Waals surface area contributed by atoms with Gasteiger partial charge in [0, 0.05) is 13.5 Å². The van der Waals surface area contributed by atoms with Gasteiger partial charge in [-0.05, 0) is 25.0 Å². The molecule has 26 heavy (non-hydrogen) atoms. The molecular formula is C17H15ClN6O2. The summed E-state index contributed by atoms with van der Waals surface area (Å²) in [5.74, 6) is 0.489. The first-order valence-electron chi connectivity index (χ1n) is 8.25. The van der Waals surface area contributed by atoms with Crippen LogP contribution in [0.25, 0.3) is 22.4 Å². The molecular weight excluding hydrogens is 356 g/mol. The van der Waals surface area contributed by atoms with Crippen molar-refractivity contribution < 1.29 is 5.11 Å². The number of imidazole rings is 1. The molecule has 0 bridgehead atoms. The first kappa shape index (κ1) is 15.5. The Morgan fingerprint density at radius 2 is 2.15 bits per heavy atom. The van der Waals surface area contributed by atoms with Crippen LogP contribution in [0.5, 0.6) is 0 Å². The van der Waals surface area contributed by atoms with Gasteiger partial charge in [0.15, 0.2) is 11.5 Å². The smallest absolute Gasteiger partial charge is 0.262 e. The summed E-state index contributed by atoms with van der Waals surface area (Å²) in [7, 11) is 1.68. The minimum atomic E-state index is -0.679. The summed E-state index contributed by atoms with van der Waals surface area (Å²) in [5.41, 5.74) is 1.13. The number of hydrogen-bond acceptors (Lipinski definition) is 5. The van der Waals surface area contributed by atoms with E-state index >= 15 is 0 Å². The number of rotatable bonds is 3. The molecule has 0 saturated heterocycles. The maximum Gasteiger partial charge on any atom is 0.262 e. The minimum Gasteiger partial charge on any atom is -0.389 e. The van der Waals surface area contributed by atoms with Gasteiger partial charge in [0.25, 0.3) is 5.56 Å². The molecule has 5 rings (SSSR count). The first-order valence-corrected chi connectivity index (χ1v) is 8.63. The molecule has 0 atom stereocenters. The Morgan fingerprint density at radius 1 is 1.35 bits per heavy atom. The van der Waals surface area contributed by atoms with Gasteiger partial charge in [0.05, 0.1) is 33.4 Å². The van der Waals surface area contributed by atoms with E-state index < -0.39 is 5.60 Å². The fourth-order valence-electron chi connectivity index (χ4n) is 3.37. The lowest BCUT2D eigenvalue weighted by molar-refractivity contribution is 0.149. The van der Waals surface area contributed by atoms with Crippen LogP contribution in [-0.2, 0) is 13.5 Å². The van der Waals surface area contributed by atoms with Gasteiger partial charge in [-0.1, -0.05) is 22.9 Å². The molecule has 1 aliphatic carbocycles. The molecule has 0 aliphatic heterocycles. The lowest BCUT2D eigenvalue weighted by atomic mass is 10.2. The van der Waals surface area contributed by atoms with Gasteiger partial charge < -0.3 is 5.11 Å². The number of aromatic nitrogens is 6. The van der Waals surface area contributed by atoms with Gasteiger partial charge in [-0.2, -0.15) is 4.68 Å². The van der Waals surface area contributed by atoms with Gasteiger partial charge in [-0.15, -0.1) is 5.10 Å². The molecule has 1 aromatic carbocycles. The van der Waals surface area contributed by atoms with Crippen molar-refractivity contribution in [2.24, 2.45) is 7.05 Å². The zero-order chi connectivity index (χ0) is 18.1. The van der Waals surface area contributed by atoms with E-state index in [-0.39, 0.29) is 5.56 Å². The first-order chi connectivity index (χ1) is 12.5. The fourth-order valence-corrected chi connectivity index (χ4v) is 3.62. The van der Waals surface area contributed by atoms with E-state index in [1.807, 2.05) is 10.5 Å². The van der Waals surface area contributed by atoms with Crippen molar-refractivity contribution in [1.29, 1.82) is 0 Å². The second kappa shape index (κ2) is 5.15. The van der Waals surface area contributed by atoms with E-state index in [0.29, 0.717) is 33.8 Å². The Kier molecular flexibility index (Phi) is 3.08. The van der Waals surface area contributed by atoms with E-state index in [1.54, 1.807) is 36.4 Å². The SMILES string of the molecule is Cn1c(=O)c2c(Cl)cccc2n2cnc(-n3nncc3CC3(O)CC3)c12. The number of nitrogens with zero attached hydrogens (tertiary/aromatic N) is 6. The summed E-state index contributed by atoms with van der Waals surface area (Å²) >= 11 is 6.24. The average Bonchev–Trinajstić information content (AvgIpc) is 3.00. The van der Waals surface area contributed by atoms with Crippen molar-refractivity contribution in [2.75, 3.05) is 0 Å². The molecule has 132 valence electrons. The molecule has 0 unspecified atom stereocenters. The fraction of sp³-hybridized carbons (Fsp3) is 0.294. The second-order valence-corrected chi connectivity index (χ2v) is 7.21. The molecule has 8 nitrogen and oxygen atoms in total. The average molecular weight is 371 g/mol. The highest BCUT2D eigenvalue weighted by molar-refractivity contribution is 6.35. The lowest BCUT2D eigenvalue weighted by Gasteiger charge is -2.11. The normalized spacial score (nSPS) is 15.8. The van der Waals surface area contributed by atoms with Crippen LogP contribution in [-0.4, -0.2) is 39.7 Å². The highest BCUT2D eigenvalue weighted by Crippen LogP contribution is 2.38. The minimum absolute atomic E-state index is 0.206. The highest BCUT2D eigenvalue weighted by atomic mass is 35.5. The molecule has 4 aromatic rings. The maximum absolute atomic E-state index is 12.9. The van der Waals surface area contributed by atoms with E-state index in [9.17, 15) is 9.90 Å². The summed E-state index contributed by atoms with van der Waals surface area (Å²) in [6, 6.07) is 5.32. The molecule has 9 heteroatoms. The van der Waals surface area contributed by atoms with Gasteiger partial charge in [0.1, 0.15) is 6.33 Å². The van der Waals surface area contributed by atoms with Crippen LogP contribution >= 0.6 is 11.6 Å². The summed E-state index contributed by atoms with van der Waals surface area (Å²) in [6.07, 6.45) is 5.25. The zero-order valence-corrected chi connectivity index (χ0v) is 14.7. The number of aryl methyl sites for hydroxylation is 1. The molecule has 0 radical (unpaired) electrons. The van der Waals surface area contributed by atoms with Crippen molar-refractivity contribution in [3.63, 3.8) is 0 Å². The van der Waals surface area contributed by atoms with Crippen LogP contribution in [0.1, 0.15) is 18.5 Å². The van der Waals surface area contributed by atoms with Crippen LogP contribution in [0.3, 0.4) is 0 Å². The molecule has 0 amide bonds. The molecule has 3 aromatic heterocycles. The van der Waals surface area contributed by atoms with Crippen molar-refractivity contribution >= 4 is 28.2 Å². The number of halogens is 1. The maximum atomic E-state index is 12.9. The van der Waals surface area contributed by atoms with E-state index in [0.717, 1.165) is 18.5 Å². The topological polar surface area (TPSA) is 90.2 Å². The van der Waals surface area contributed by atoms with Crippen molar-refractivity contribution in [2.45, 2.75) is 24.9 Å². The quantitative estimate of drug-likeness (QED) is 0.590. The third-order valence-corrected chi connectivity index (χ3v) is 5.28. The van der Waals surface area contributed by atoms with Crippen molar-refractivity contribution in [1.82, 2.24) is 28.9 Å². The van der Waals surface area contributed by atoms with E-state index in [1.165, 1.54) is 4.57 Å². The number of aliphatic hydroxyl groups is 1. The lowest BCUT2D eigenvalue weighted by Crippen LogP contribution is -2.21. The van der Waals surface area contributed by atoms with Crippen LogP contribution in [0.2, 0.25) is 5.02 Å². The Labute approximate surface area is 152 Å². The van der Waals surface area contributed by atoms with E-state index in [2.05, 4.69) is 15.3 Å². The van der Waals surface area contributed by atoms with Crippen molar-refractivity contribution in [3.05, 3.63) is 51.8 Å². The van der Waals surface area contributed by atoms with E-state index in [4.69, 9.17) is 11.6 Å². The Balaban J connectivity index is 1.80. The molecule has 1 aliphatic rings. The second-order valence-electron chi connectivity index (χ2n) is 6.80. The van der Waals surface area contributed by atoms with Crippen LogP contribution in [0, 0.1) is 0 Å². The number of hydrogen-bond donors (Lipinski definition) is 1. The van der Waals surface area contributed by atoms with Crippen LogP contribution in [0.15, 0.2) is 35.5 Å². The molecule has 1 saturated carbocycles. The Hall–Kier alpha value is -2.71. The Morgan fingerprint density at radius 3 is 2.92 bits per heavy atom. The highest BCUT2D eigenvalue weighted by Gasteiger charge is 2.41. The third-order valence-electron chi connectivity index (χ3n) is 4.97. The monoisotopic (exact) mass is 370 g/mol. The molecule has 0 spiro atoms. The standard InChI is InChI=1S/C17H15ClN6O2/c1-22-15-14(24-10(8-20-21-24)7-17(26)5-6-17)19-9-23(15)12-4-2-3-11(18)13(12)16(22)25/h2-4,8-9,26H,5-7H2,1H3. The summed E-state index contributed by atoms with van der Waals surface area (Å²) < 4.78 is 4.91. The summed E-state index contributed by atoms with van der Waals surface area (Å²) in [4.78, 5) is 17.3. The summed E-state index contributed by atoms with van der Waals surface area (Å²) in [6.45, 7) is 0. The Bertz CT molecular complexity index is 1230. The van der Waals surface area contributed by atoms with Crippen molar-refractivity contribution in [3.8, 4) is 5.82 Å². The zero-order valence-electron chi connectivity index (χ0n) is 13.9. The van der Waals surface area contributed by atoms with Gasteiger partial charge >= 0.3 is 0 Å². The van der Waals surface area contributed by atoms with Crippen LogP contribution in [0.4, 0.5) is 0 Å². The largest absolute Gasteiger partial charge is 0.389 e. The molecule has 3 heterocycles. The van der Waals surface area contributed by atoms with Gasteiger partial charge in [0.2, 0.25) is 0 Å². The third kappa shape index (κ3) is 2.12. The molecule has 1 N–H and O–H groups in total. The number of benzene rings is 1. The van der Waals surface area contributed by atoms with Gasteiger partial charge in [-0.25, -0.2) is 4.98 Å². The number of fused-ring (bicyclic) bond motifs is 3. The van der Waals surface area contributed by atoms with Crippen LogP contribution < -0.4 is 5.56 Å². The van der Waals surface area contributed by atoms with Gasteiger partial charge in [-0.3, -0.25) is 13.8 Å². The predicted molar refractivity (Wildman–Crippen MR) is 95.8 cm³/mol. The predicted octanol–water partition coefficient (Wildman–Crippen LogP) is 1.49.